The maximum Gasteiger partial charge on any atom is 0.361 e. The van der Waals surface area contributed by atoms with Gasteiger partial charge in [-0.15, -0.1) is 0 Å². The lowest BCUT2D eigenvalue weighted by molar-refractivity contribution is -0.140. The van der Waals surface area contributed by atoms with Gasteiger partial charge in [-0.2, -0.15) is 0 Å². The molecule has 1 aromatic rings. The predicted molar refractivity (Wildman–Crippen MR) is 116 cm³/mol. The van der Waals surface area contributed by atoms with Gasteiger partial charge < -0.3 is 18.5 Å². The van der Waals surface area contributed by atoms with Crippen molar-refractivity contribution in [1.29, 1.82) is 0 Å². The SMILES string of the molecule is C=C(C)C(=O)OCCCOP(=O)(OCCCOC(=O)C(=C)C)c1cccc(C)c1C. The fraction of sp³-hybridized carbons (Fsp3) is 0.455. The van der Waals surface area contributed by atoms with Gasteiger partial charge in [-0.3, -0.25) is 4.57 Å². The van der Waals surface area contributed by atoms with E-state index in [9.17, 15) is 14.2 Å². The van der Waals surface area contributed by atoms with E-state index in [4.69, 9.17) is 18.5 Å². The fourth-order valence-electron chi connectivity index (χ4n) is 2.27. The van der Waals surface area contributed by atoms with E-state index in [1.54, 1.807) is 26.0 Å². The molecular weight excluding hydrogens is 407 g/mol. The molecule has 0 atom stereocenters. The fourth-order valence-corrected chi connectivity index (χ4v) is 4.22. The first-order valence-electron chi connectivity index (χ1n) is 9.69. The van der Waals surface area contributed by atoms with Crippen LogP contribution in [0.5, 0.6) is 0 Å². The molecule has 0 amide bonds. The van der Waals surface area contributed by atoms with Gasteiger partial charge >= 0.3 is 19.5 Å². The molecule has 1 aromatic carbocycles. The summed E-state index contributed by atoms with van der Waals surface area (Å²) in [6.07, 6.45) is 0.709. The third-order valence-corrected chi connectivity index (χ3v) is 6.25. The van der Waals surface area contributed by atoms with Gasteiger partial charge in [-0.1, -0.05) is 25.3 Å². The van der Waals surface area contributed by atoms with Crippen LogP contribution in [0.25, 0.3) is 0 Å². The van der Waals surface area contributed by atoms with Crippen LogP contribution in [0.3, 0.4) is 0 Å². The second-order valence-electron chi connectivity index (χ2n) is 6.92. The molecule has 0 saturated carbocycles. The van der Waals surface area contributed by atoms with Crippen LogP contribution in [0, 0.1) is 13.8 Å². The van der Waals surface area contributed by atoms with Crippen molar-refractivity contribution in [3.05, 3.63) is 53.6 Å². The monoisotopic (exact) mass is 438 g/mol. The minimum absolute atomic E-state index is 0.0821. The lowest BCUT2D eigenvalue weighted by atomic mass is 10.1. The zero-order valence-corrected chi connectivity index (χ0v) is 19.1. The number of hydrogen-bond acceptors (Lipinski definition) is 7. The van der Waals surface area contributed by atoms with Gasteiger partial charge in [0.2, 0.25) is 0 Å². The molecule has 30 heavy (non-hydrogen) atoms. The standard InChI is InChI=1S/C22H31O7P/c1-16(2)21(23)26-12-8-14-28-30(25,20-11-7-10-18(5)19(20)6)29-15-9-13-27-22(24)17(3)4/h7,10-11H,1,3,8-9,12-15H2,2,4-6H3. The van der Waals surface area contributed by atoms with Crippen LogP contribution in [0.1, 0.15) is 37.8 Å². The summed E-state index contributed by atoms with van der Waals surface area (Å²) in [5, 5.41) is 0.486. The highest BCUT2D eigenvalue weighted by molar-refractivity contribution is 7.62. The molecule has 0 fully saturated rings. The van der Waals surface area contributed by atoms with E-state index in [1.807, 2.05) is 19.9 Å². The molecule has 0 bridgehead atoms. The Kier molecular flexibility index (Phi) is 10.7. The van der Waals surface area contributed by atoms with Crippen molar-refractivity contribution in [2.45, 2.75) is 40.5 Å². The Morgan fingerprint density at radius 3 is 1.77 bits per heavy atom. The molecule has 8 heteroatoms. The molecule has 166 valence electrons. The Hall–Kier alpha value is -2.21. The van der Waals surface area contributed by atoms with Crippen molar-refractivity contribution in [3.63, 3.8) is 0 Å². The number of rotatable bonds is 13. The topological polar surface area (TPSA) is 88.1 Å². The molecule has 0 aliphatic heterocycles. The molecule has 0 heterocycles. The van der Waals surface area contributed by atoms with Crippen LogP contribution in [0.4, 0.5) is 0 Å². The summed E-state index contributed by atoms with van der Waals surface area (Å²) in [5.74, 6) is -0.957. The highest BCUT2D eigenvalue weighted by atomic mass is 31.2. The first kappa shape index (κ1) is 25.8. The van der Waals surface area contributed by atoms with Crippen molar-refractivity contribution in [1.82, 2.24) is 0 Å². The molecule has 0 aliphatic carbocycles. The Bertz CT molecular complexity index is 789. The second-order valence-corrected chi connectivity index (χ2v) is 8.92. The molecule has 7 nitrogen and oxygen atoms in total. The van der Waals surface area contributed by atoms with Crippen molar-refractivity contribution in [2.75, 3.05) is 26.4 Å². The molecule has 0 unspecified atom stereocenters. The van der Waals surface area contributed by atoms with E-state index in [0.717, 1.165) is 11.1 Å². The van der Waals surface area contributed by atoms with Crippen LogP contribution < -0.4 is 5.30 Å². The zero-order chi connectivity index (χ0) is 22.7. The number of carbonyl (C=O) groups is 2. The van der Waals surface area contributed by atoms with Gasteiger partial charge in [0, 0.05) is 24.0 Å². The van der Waals surface area contributed by atoms with Crippen molar-refractivity contribution >= 4 is 24.8 Å². The van der Waals surface area contributed by atoms with Crippen LogP contribution in [-0.2, 0) is 32.7 Å². The Labute approximate surface area is 178 Å². The Balaban J connectivity index is 2.70. The number of esters is 2. The van der Waals surface area contributed by atoms with Crippen molar-refractivity contribution in [2.24, 2.45) is 0 Å². The third-order valence-electron chi connectivity index (χ3n) is 4.13. The summed E-state index contributed by atoms with van der Waals surface area (Å²) in [7, 11) is -3.62. The summed E-state index contributed by atoms with van der Waals surface area (Å²) in [4.78, 5) is 22.8. The smallest absolute Gasteiger partial charge is 0.361 e. The van der Waals surface area contributed by atoms with Crippen molar-refractivity contribution in [3.8, 4) is 0 Å². The predicted octanol–water partition coefficient (Wildman–Crippen LogP) is 4.17. The summed E-state index contributed by atoms with van der Waals surface area (Å²) >= 11 is 0. The first-order chi connectivity index (χ1) is 14.1. The zero-order valence-electron chi connectivity index (χ0n) is 18.2. The normalized spacial score (nSPS) is 11.1. The molecule has 0 N–H and O–H groups in total. The second kappa shape index (κ2) is 12.5. The highest BCUT2D eigenvalue weighted by Gasteiger charge is 2.29. The molecule has 0 radical (unpaired) electrons. The van der Waals surface area contributed by atoms with E-state index < -0.39 is 19.5 Å². The van der Waals surface area contributed by atoms with Crippen LogP contribution in [0.2, 0.25) is 0 Å². The minimum atomic E-state index is -3.62. The lowest BCUT2D eigenvalue weighted by Gasteiger charge is -2.21. The maximum absolute atomic E-state index is 13.5. The number of aryl methyl sites for hydroxylation is 1. The summed E-state index contributed by atoms with van der Waals surface area (Å²) in [6, 6.07) is 5.42. The van der Waals surface area contributed by atoms with Crippen LogP contribution >= 0.6 is 7.60 Å². The van der Waals surface area contributed by atoms with Crippen LogP contribution in [0.15, 0.2) is 42.5 Å². The quantitative estimate of drug-likeness (QED) is 0.198. The molecule has 0 aliphatic rings. The Morgan fingerprint density at radius 2 is 1.33 bits per heavy atom. The third kappa shape index (κ3) is 8.27. The largest absolute Gasteiger partial charge is 0.462 e. The molecule has 0 aromatic heterocycles. The number of benzene rings is 1. The molecular formula is C22H31O7P. The van der Waals surface area contributed by atoms with Gasteiger partial charge in [0.15, 0.2) is 0 Å². The van der Waals surface area contributed by atoms with Gasteiger partial charge in [0.25, 0.3) is 0 Å². The summed E-state index contributed by atoms with van der Waals surface area (Å²) in [5.41, 5.74) is 2.41. The van der Waals surface area contributed by atoms with E-state index in [2.05, 4.69) is 13.2 Å². The lowest BCUT2D eigenvalue weighted by Crippen LogP contribution is -2.17. The van der Waals surface area contributed by atoms with Gasteiger partial charge in [0.1, 0.15) is 0 Å². The first-order valence-corrected chi connectivity index (χ1v) is 11.2. The molecule has 1 rings (SSSR count). The summed E-state index contributed by atoms with van der Waals surface area (Å²) < 4.78 is 34.9. The number of carbonyl (C=O) groups excluding carboxylic acids is 2. The number of hydrogen-bond donors (Lipinski definition) is 0. The van der Waals surface area contributed by atoms with E-state index in [0.29, 0.717) is 29.3 Å². The maximum atomic E-state index is 13.5. The van der Waals surface area contributed by atoms with Gasteiger partial charge in [-0.25, -0.2) is 9.59 Å². The Morgan fingerprint density at radius 1 is 0.867 bits per heavy atom. The summed E-state index contributed by atoms with van der Waals surface area (Å²) in [6.45, 7) is 14.3. The number of ether oxygens (including phenoxy) is 2. The van der Waals surface area contributed by atoms with Gasteiger partial charge in [-0.05, 0) is 44.9 Å². The molecule has 0 spiro atoms. The van der Waals surface area contributed by atoms with E-state index in [-0.39, 0.29) is 26.4 Å². The average Bonchev–Trinajstić information content (AvgIpc) is 2.68. The van der Waals surface area contributed by atoms with Crippen LogP contribution in [-0.4, -0.2) is 38.4 Å². The average molecular weight is 438 g/mol. The van der Waals surface area contributed by atoms with Crippen molar-refractivity contribution < 1.29 is 32.7 Å². The highest BCUT2D eigenvalue weighted by Crippen LogP contribution is 2.48. The van der Waals surface area contributed by atoms with Gasteiger partial charge in [0.05, 0.1) is 31.7 Å². The minimum Gasteiger partial charge on any atom is -0.462 e. The van der Waals surface area contributed by atoms with E-state index in [1.165, 1.54) is 0 Å². The van der Waals surface area contributed by atoms with E-state index >= 15 is 0 Å². The molecule has 0 saturated heterocycles.